The van der Waals surface area contributed by atoms with Gasteiger partial charge in [-0.1, -0.05) is 0 Å². The topological polar surface area (TPSA) is 65.5 Å². The highest BCUT2D eigenvalue weighted by atomic mass is 16.4. The first-order chi connectivity index (χ1) is 8.00. The van der Waals surface area contributed by atoms with E-state index >= 15 is 0 Å². The van der Waals surface area contributed by atoms with Gasteiger partial charge in [-0.25, -0.2) is 9.78 Å². The zero-order chi connectivity index (χ0) is 12.8. The quantitative estimate of drug-likeness (QED) is 0.785. The van der Waals surface area contributed by atoms with Gasteiger partial charge in [0.2, 0.25) is 0 Å². The largest absolute Gasteiger partial charge is 0.476 e. The van der Waals surface area contributed by atoms with Gasteiger partial charge in [0.25, 0.3) is 0 Å². The number of pyridine rings is 1. The molecule has 0 aromatic carbocycles. The molecule has 0 saturated carbocycles. The summed E-state index contributed by atoms with van der Waals surface area (Å²) in [5.74, 6) is -1.01. The molecule has 1 heterocycles. The van der Waals surface area contributed by atoms with E-state index in [-0.39, 0.29) is 11.7 Å². The molecule has 0 aliphatic carbocycles. The van der Waals surface area contributed by atoms with Crippen molar-refractivity contribution in [2.45, 2.75) is 19.4 Å². The van der Waals surface area contributed by atoms with Crippen LogP contribution in [-0.4, -0.2) is 47.6 Å². The predicted octanol–water partition coefficient (Wildman–Crippen LogP) is 1.53. The SMILES string of the molecule is CC(CCN(C)C)Nc1cccnc1C(=O)O. The van der Waals surface area contributed by atoms with Crippen LogP contribution in [0.15, 0.2) is 18.3 Å². The third-order valence-corrected chi connectivity index (χ3v) is 2.42. The number of hydrogen-bond acceptors (Lipinski definition) is 4. The van der Waals surface area contributed by atoms with Crippen LogP contribution in [0.1, 0.15) is 23.8 Å². The highest BCUT2D eigenvalue weighted by Crippen LogP contribution is 2.14. The number of nitrogens with one attached hydrogen (secondary N) is 1. The fourth-order valence-corrected chi connectivity index (χ4v) is 1.48. The summed E-state index contributed by atoms with van der Waals surface area (Å²) in [6.45, 7) is 2.99. The molecule has 1 aromatic heterocycles. The predicted molar refractivity (Wildman–Crippen MR) is 67.5 cm³/mol. The minimum absolute atomic E-state index is 0.0733. The van der Waals surface area contributed by atoms with E-state index in [1.807, 2.05) is 21.0 Å². The van der Waals surface area contributed by atoms with Crippen molar-refractivity contribution in [3.63, 3.8) is 0 Å². The average Bonchev–Trinajstić information content (AvgIpc) is 2.27. The number of anilines is 1. The highest BCUT2D eigenvalue weighted by Gasteiger charge is 2.12. The first-order valence-corrected chi connectivity index (χ1v) is 5.60. The lowest BCUT2D eigenvalue weighted by Gasteiger charge is -2.18. The van der Waals surface area contributed by atoms with Crippen molar-refractivity contribution in [2.75, 3.05) is 26.0 Å². The molecule has 0 aliphatic heterocycles. The number of aromatic nitrogens is 1. The average molecular weight is 237 g/mol. The Hall–Kier alpha value is -1.62. The fraction of sp³-hybridized carbons (Fsp3) is 0.500. The summed E-state index contributed by atoms with van der Waals surface area (Å²) in [5.41, 5.74) is 0.649. The van der Waals surface area contributed by atoms with Crippen LogP contribution in [0.2, 0.25) is 0 Å². The number of aromatic carboxylic acids is 1. The minimum atomic E-state index is -1.01. The first-order valence-electron chi connectivity index (χ1n) is 5.60. The van der Waals surface area contributed by atoms with E-state index in [0.29, 0.717) is 5.69 Å². The van der Waals surface area contributed by atoms with E-state index in [9.17, 15) is 4.79 Å². The van der Waals surface area contributed by atoms with Crippen LogP contribution in [0.25, 0.3) is 0 Å². The van der Waals surface area contributed by atoms with Crippen molar-refractivity contribution in [1.82, 2.24) is 9.88 Å². The van der Waals surface area contributed by atoms with Gasteiger partial charge in [0, 0.05) is 12.2 Å². The molecule has 1 unspecified atom stereocenters. The Labute approximate surface area is 101 Å². The molecule has 0 radical (unpaired) electrons. The Morgan fingerprint density at radius 3 is 2.88 bits per heavy atom. The molecule has 0 fully saturated rings. The normalized spacial score (nSPS) is 12.5. The zero-order valence-electron chi connectivity index (χ0n) is 10.5. The van der Waals surface area contributed by atoms with Gasteiger partial charge in [-0.3, -0.25) is 0 Å². The van der Waals surface area contributed by atoms with Crippen LogP contribution in [0.4, 0.5) is 5.69 Å². The number of hydrogen-bond donors (Lipinski definition) is 2. The Morgan fingerprint density at radius 1 is 1.59 bits per heavy atom. The molecule has 0 spiro atoms. The summed E-state index contributed by atoms with van der Waals surface area (Å²) in [4.78, 5) is 16.9. The Kier molecular flexibility index (Phi) is 4.90. The van der Waals surface area contributed by atoms with E-state index in [2.05, 4.69) is 15.2 Å². The molecular formula is C12H19N3O2. The second kappa shape index (κ2) is 6.20. The molecule has 1 rings (SSSR count). The Balaban J connectivity index is 2.64. The van der Waals surface area contributed by atoms with Gasteiger partial charge < -0.3 is 15.3 Å². The maximum absolute atomic E-state index is 11.0. The van der Waals surface area contributed by atoms with Crippen molar-refractivity contribution in [3.8, 4) is 0 Å². The molecule has 5 heteroatoms. The molecule has 17 heavy (non-hydrogen) atoms. The summed E-state index contributed by atoms with van der Waals surface area (Å²) >= 11 is 0. The molecule has 0 saturated heterocycles. The molecule has 1 aromatic rings. The molecule has 5 nitrogen and oxygen atoms in total. The fourth-order valence-electron chi connectivity index (χ4n) is 1.48. The molecule has 0 amide bonds. The van der Waals surface area contributed by atoms with Crippen molar-refractivity contribution >= 4 is 11.7 Å². The van der Waals surface area contributed by atoms with Gasteiger partial charge in [0.15, 0.2) is 5.69 Å². The Bertz CT molecular complexity index is 380. The number of carboxylic acids is 1. The van der Waals surface area contributed by atoms with Gasteiger partial charge >= 0.3 is 5.97 Å². The lowest BCUT2D eigenvalue weighted by atomic mass is 10.2. The van der Waals surface area contributed by atoms with Gasteiger partial charge in [-0.15, -0.1) is 0 Å². The van der Waals surface area contributed by atoms with Crippen LogP contribution in [0, 0.1) is 0 Å². The van der Waals surface area contributed by atoms with E-state index in [1.54, 1.807) is 12.1 Å². The van der Waals surface area contributed by atoms with E-state index < -0.39 is 5.97 Å². The van der Waals surface area contributed by atoms with Crippen molar-refractivity contribution in [1.29, 1.82) is 0 Å². The number of nitrogens with zero attached hydrogens (tertiary/aromatic N) is 2. The lowest BCUT2D eigenvalue weighted by Crippen LogP contribution is -2.24. The molecule has 0 bridgehead atoms. The van der Waals surface area contributed by atoms with Crippen LogP contribution < -0.4 is 5.32 Å². The van der Waals surface area contributed by atoms with Gasteiger partial charge in [0.1, 0.15) is 0 Å². The number of carbonyl (C=O) groups is 1. The van der Waals surface area contributed by atoms with E-state index in [4.69, 9.17) is 5.11 Å². The van der Waals surface area contributed by atoms with Crippen molar-refractivity contribution in [3.05, 3.63) is 24.0 Å². The van der Waals surface area contributed by atoms with E-state index in [0.717, 1.165) is 13.0 Å². The van der Waals surface area contributed by atoms with Crippen LogP contribution in [0.5, 0.6) is 0 Å². The van der Waals surface area contributed by atoms with Gasteiger partial charge in [-0.2, -0.15) is 0 Å². The van der Waals surface area contributed by atoms with Crippen LogP contribution in [-0.2, 0) is 0 Å². The van der Waals surface area contributed by atoms with E-state index in [1.165, 1.54) is 6.20 Å². The highest BCUT2D eigenvalue weighted by molar-refractivity contribution is 5.91. The monoisotopic (exact) mass is 237 g/mol. The summed E-state index contributed by atoms with van der Waals surface area (Å²) in [7, 11) is 4.03. The van der Waals surface area contributed by atoms with Crippen LogP contribution >= 0.6 is 0 Å². The summed E-state index contributed by atoms with van der Waals surface area (Å²) in [6.07, 6.45) is 2.43. The van der Waals surface area contributed by atoms with Crippen molar-refractivity contribution in [2.24, 2.45) is 0 Å². The number of carboxylic acid groups (broad SMARTS) is 1. The Morgan fingerprint density at radius 2 is 2.29 bits per heavy atom. The first kappa shape index (κ1) is 13.4. The van der Waals surface area contributed by atoms with Gasteiger partial charge in [0.05, 0.1) is 5.69 Å². The summed E-state index contributed by atoms with van der Waals surface area (Å²) in [5, 5.41) is 12.2. The molecule has 1 atom stereocenters. The molecular weight excluding hydrogens is 218 g/mol. The van der Waals surface area contributed by atoms with Gasteiger partial charge in [-0.05, 0) is 46.1 Å². The second-order valence-corrected chi connectivity index (χ2v) is 4.34. The minimum Gasteiger partial charge on any atom is -0.476 e. The summed E-state index contributed by atoms with van der Waals surface area (Å²) < 4.78 is 0. The third-order valence-electron chi connectivity index (χ3n) is 2.42. The maximum Gasteiger partial charge on any atom is 0.356 e. The number of rotatable bonds is 6. The van der Waals surface area contributed by atoms with Crippen molar-refractivity contribution < 1.29 is 9.90 Å². The standard InChI is InChI=1S/C12H19N3O2/c1-9(6-8-15(2)3)14-10-5-4-7-13-11(10)12(16)17/h4-5,7,9,14H,6,8H2,1-3H3,(H,16,17). The smallest absolute Gasteiger partial charge is 0.356 e. The second-order valence-electron chi connectivity index (χ2n) is 4.34. The lowest BCUT2D eigenvalue weighted by molar-refractivity contribution is 0.0691. The third kappa shape index (κ3) is 4.40. The molecule has 0 aliphatic rings. The summed E-state index contributed by atoms with van der Waals surface area (Å²) in [6, 6.07) is 3.68. The zero-order valence-corrected chi connectivity index (χ0v) is 10.5. The maximum atomic E-state index is 11.0. The van der Waals surface area contributed by atoms with Crippen LogP contribution in [0.3, 0.4) is 0 Å². The molecule has 94 valence electrons. The molecule has 2 N–H and O–H groups in total.